The number of carbonyl (C=O) groups is 1. The second-order valence-corrected chi connectivity index (χ2v) is 5.98. The van der Waals surface area contributed by atoms with Gasteiger partial charge in [-0.3, -0.25) is 14.5 Å². The molecule has 0 saturated heterocycles. The molecule has 1 aromatic carbocycles. The Morgan fingerprint density at radius 2 is 1.88 bits per heavy atom. The first-order chi connectivity index (χ1) is 11.5. The Morgan fingerprint density at radius 1 is 1.12 bits per heavy atom. The minimum Gasteiger partial charge on any atom is -0.348 e. The third-order valence-electron chi connectivity index (χ3n) is 3.85. The van der Waals surface area contributed by atoms with E-state index >= 15 is 0 Å². The number of pyridine rings is 1. The Balaban J connectivity index is 1.73. The van der Waals surface area contributed by atoms with Gasteiger partial charge in [0.1, 0.15) is 0 Å². The van der Waals surface area contributed by atoms with Gasteiger partial charge in [-0.15, -0.1) is 0 Å². The molecule has 0 unspecified atom stereocenters. The van der Waals surface area contributed by atoms with Crippen LogP contribution >= 0.6 is 0 Å². The van der Waals surface area contributed by atoms with Gasteiger partial charge in [0.25, 0.3) is 5.91 Å². The summed E-state index contributed by atoms with van der Waals surface area (Å²) in [6, 6.07) is 9.80. The standard InChI is InChI=1S/C19H20N4O/c1-13-6-14(2)8-16(7-13)19(24)21-11-15-9-17(12-20-10-15)18-4-5-22-23(18)3/h4-10,12H,11H2,1-3H3,(H,21,24). The van der Waals surface area contributed by atoms with E-state index in [-0.39, 0.29) is 5.91 Å². The molecule has 122 valence electrons. The molecule has 0 aliphatic carbocycles. The van der Waals surface area contributed by atoms with Gasteiger partial charge in [-0.05, 0) is 43.7 Å². The predicted molar refractivity (Wildman–Crippen MR) is 93.5 cm³/mol. The highest BCUT2D eigenvalue weighted by Gasteiger charge is 2.08. The maximum atomic E-state index is 12.3. The van der Waals surface area contributed by atoms with Crippen LogP contribution in [0.3, 0.4) is 0 Å². The van der Waals surface area contributed by atoms with Crippen LogP contribution in [-0.4, -0.2) is 20.7 Å². The summed E-state index contributed by atoms with van der Waals surface area (Å²) in [5.41, 5.74) is 5.77. The summed E-state index contributed by atoms with van der Waals surface area (Å²) in [4.78, 5) is 16.6. The zero-order valence-electron chi connectivity index (χ0n) is 14.1. The average molecular weight is 320 g/mol. The minimum atomic E-state index is -0.0762. The van der Waals surface area contributed by atoms with E-state index in [0.717, 1.165) is 27.9 Å². The number of aromatic nitrogens is 3. The van der Waals surface area contributed by atoms with E-state index in [9.17, 15) is 4.79 Å². The third-order valence-corrected chi connectivity index (χ3v) is 3.85. The lowest BCUT2D eigenvalue weighted by molar-refractivity contribution is 0.0950. The van der Waals surface area contributed by atoms with Gasteiger partial charge in [0, 0.05) is 43.3 Å². The number of nitrogens with one attached hydrogen (secondary N) is 1. The minimum absolute atomic E-state index is 0.0762. The molecule has 0 spiro atoms. The Hall–Kier alpha value is -2.95. The van der Waals surface area contributed by atoms with Gasteiger partial charge in [-0.25, -0.2) is 0 Å². The molecule has 0 radical (unpaired) electrons. The van der Waals surface area contributed by atoms with Gasteiger partial charge in [-0.1, -0.05) is 17.2 Å². The lowest BCUT2D eigenvalue weighted by atomic mass is 10.1. The molecule has 2 heterocycles. The quantitative estimate of drug-likeness (QED) is 0.804. The molecular formula is C19H20N4O. The molecule has 0 bridgehead atoms. The molecule has 5 nitrogen and oxygen atoms in total. The number of carbonyl (C=O) groups excluding carboxylic acids is 1. The fourth-order valence-corrected chi connectivity index (χ4v) is 2.77. The van der Waals surface area contributed by atoms with Crippen LogP contribution in [-0.2, 0) is 13.6 Å². The summed E-state index contributed by atoms with van der Waals surface area (Å²) < 4.78 is 1.80. The van der Waals surface area contributed by atoms with Crippen molar-refractivity contribution in [2.45, 2.75) is 20.4 Å². The van der Waals surface area contributed by atoms with Gasteiger partial charge in [-0.2, -0.15) is 5.10 Å². The van der Waals surface area contributed by atoms with Crippen LogP contribution in [0.5, 0.6) is 0 Å². The zero-order chi connectivity index (χ0) is 17.1. The van der Waals surface area contributed by atoms with E-state index in [0.29, 0.717) is 12.1 Å². The van der Waals surface area contributed by atoms with Crippen LogP contribution in [0.4, 0.5) is 0 Å². The van der Waals surface area contributed by atoms with Crippen molar-refractivity contribution < 1.29 is 4.79 Å². The highest BCUT2D eigenvalue weighted by Crippen LogP contribution is 2.18. The fraction of sp³-hybridized carbons (Fsp3) is 0.211. The molecule has 0 aliphatic heterocycles. The number of rotatable bonds is 4. The van der Waals surface area contributed by atoms with E-state index < -0.39 is 0 Å². The summed E-state index contributed by atoms with van der Waals surface area (Å²) >= 11 is 0. The number of hydrogen-bond acceptors (Lipinski definition) is 3. The maximum absolute atomic E-state index is 12.3. The van der Waals surface area contributed by atoms with Crippen LogP contribution in [0.15, 0.2) is 48.9 Å². The molecule has 1 N–H and O–H groups in total. The van der Waals surface area contributed by atoms with Crippen molar-refractivity contribution in [3.63, 3.8) is 0 Å². The average Bonchev–Trinajstić information content (AvgIpc) is 2.98. The number of aryl methyl sites for hydroxylation is 3. The monoisotopic (exact) mass is 320 g/mol. The normalized spacial score (nSPS) is 10.6. The Morgan fingerprint density at radius 3 is 2.54 bits per heavy atom. The molecular weight excluding hydrogens is 300 g/mol. The van der Waals surface area contributed by atoms with Gasteiger partial charge in [0.05, 0.1) is 5.69 Å². The van der Waals surface area contributed by atoms with Gasteiger partial charge < -0.3 is 5.32 Å². The number of hydrogen-bond donors (Lipinski definition) is 1. The third kappa shape index (κ3) is 3.51. The Kier molecular flexibility index (Phi) is 4.42. The van der Waals surface area contributed by atoms with E-state index in [2.05, 4.69) is 21.5 Å². The summed E-state index contributed by atoms with van der Waals surface area (Å²) in [6.07, 6.45) is 5.32. The highest BCUT2D eigenvalue weighted by molar-refractivity contribution is 5.94. The van der Waals surface area contributed by atoms with Crippen molar-refractivity contribution in [1.29, 1.82) is 0 Å². The van der Waals surface area contributed by atoms with E-state index in [1.165, 1.54) is 0 Å². The van der Waals surface area contributed by atoms with Crippen LogP contribution in [0.25, 0.3) is 11.3 Å². The highest BCUT2D eigenvalue weighted by atomic mass is 16.1. The first-order valence-electron chi connectivity index (χ1n) is 7.82. The SMILES string of the molecule is Cc1cc(C)cc(C(=O)NCc2cncc(-c3ccnn3C)c2)c1. The van der Waals surface area contributed by atoms with Crippen LogP contribution in [0.2, 0.25) is 0 Å². The van der Waals surface area contributed by atoms with Crippen molar-refractivity contribution in [2.24, 2.45) is 7.05 Å². The van der Waals surface area contributed by atoms with Crippen molar-refractivity contribution in [3.05, 3.63) is 71.2 Å². The van der Waals surface area contributed by atoms with Crippen LogP contribution in [0, 0.1) is 13.8 Å². The van der Waals surface area contributed by atoms with Crippen molar-refractivity contribution in [1.82, 2.24) is 20.1 Å². The van der Waals surface area contributed by atoms with E-state index in [1.54, 1.807) is 23.3 Å². The van der Waals surface area contributed by atoms with Crippen LogP contribution < -0.4 is 5.32 Å². The molecule has 2 aromatic heterocycles. The summed E-state index contributed by atoms with van der Waals surface area (Å²) in [6.45, 7) is 4.42. The first-order valence-corrected chi connectivity index (χ1v) is 7.82. The van der Waals surface area contributed by atoms with E-state index in [4.69, 9.17) is 0 Å². The van der Waals surface area contributed by atoms with Gasteiger partial charge in [0.15, 0.2) is 0 Å². The molecule has 1 amide bonds. The predicted octanol–water partition coefficient (Wildman–Crippen LogP) is 3.03. The summed E-state index contributed by atoms with van der Waals surface area (Å²) in [5, 5.41) is 7.13. The number of amides is 1. The molecule has 0 aliphatic rings. The molecule has 0 fully saturated rings. The molecule has 0 saturated carbocycles. The largest absolute Gasteiger partial charge is 0.348 e. The molecule has 24 heavy (non-hydrogen) atoms. The molecule has 0 atom stereocenters. The molecule has 3 aromatic rings. The lowest BCUT2D eigenvalue weighted by Gasteiger charge is -2.08. The van der Waals surface area contributed by atoms with Gasteiger partial charge in [0.2, 0.25) is 0 Å². The summed E-state index contributed by atoms with van der Waals surface area (Å²) in [7, 11) is 1.89. The van der Waals surface area contributed by atoms with Crippen molar-refractivity contribution in [2.75, 3.05) is 0 Å². The lowest BCUT2D eigenvalue weighted by Crippen LogP contribution is -2.23. The molecule has 3 rings (SSSR count). The fourth-order valence-electron chi connectivity index (χ4n) is 2.77. The molecule has 5 heteroatoms. The van der Waals surface area contributed by atoms with Crippen molar-refractivity contribution in [3.8, 4) is 11.3 Å². The van der Waals surface area contributed by atoms with Crippen molar-refractivity contribution >= 4 is 5.91 Å². The number of nitrogens with zero attached hydrogens (tertiary/aromatic N) is 3. The topological polar surface area (TPSA) is 59.8 Å². The number of benzene rings is 1. The van der Waals surface area contributed by atoms with E-state index in [1.807, 2.05) is 45.2 Å². The maximum Gasteiger partial charge on any atom is 0.251 e. The second kappa shape index (κ2) is 6.66. The second-order valence-electron chi connectivity index (χ2n) is 5.98. The Bertz CT molecular complexity index is 862. The smallest absolute Gasteiger partial charge is 0.251 e. The first kappa shape index (κ1) is 15.9. The Labute approximate surface area is 141 Å². The van der Waals surface area contributed by atoms with Crippen LogP contribution in [0.1, 0.15) is 27.0 Å². The zero-order valence-corrected chi connectivity index (χ0v) is 14.1. The summed E-state index contributed by atoms with van der Waals surface area (Å²) in [5.74, 6) is -0.0762. The van der Waals surface area contributed by atoms with Gasteiger partial charge >= 0.3 is 0 Å².